The van der Waals surface area contributed by atoms with E-state index in [2.05, 4.69) is 0 Å². The lowest BCUT2D eigenvalue weighted by Crippen LogP contribution is -1.98. The minimum atomic E-state index is -0.948. The number of rotatable bonds is 4. The maximum atomic E-state index is 9.79. The van der Waals surface area contributed by atoms with Crippen LogP contribution in [0.3, 0.4) is 0 Å². The molecule has 0 saturated heterocycles. The van der Waals surface area contributed by atoms with E-state index in [1.165, 1.54) is 0 Å². The van der Waals surface area contributed by atoms with Gasteiger partial charge in [0.05, 0.1) is 0 Å². The Morgan fingerprint density at radius 3 is 0.857 bits per heavy atom. The molecule has 21 heavy (non-hydrogen) atoms. The summed E-state index contributed by atoms with van der Waals surface area (Å²) >= 11 is 0. The zero-order valence-electron chi connectivity index (χ0n) is 13.4. The van der Waals surface area contributed by atoms with Crippen molar-refractivity contribution in [3.05, 3.63) is 0 Å². The molecule has 0 spiro atoms. The Morgan fingerprint density at radius 1 is 0.619 bits per heavy atom. The first-order valence-electron chi connectivity index (χ1n) is 6.66. The summed E-state index contributed by atoms with van der Waals surface area (Å²) in [6.07, 6.45) is 0.0866. The van der Waals surface area contributed by atoms with Crippen LogP contribution >= 0.6 is 0 Å². The zero-order valence-corrected chi connectivity index (χ0v) is 13.4. The predicted molar refractivity (Wildman–Crippen MR) is 80.2 cm³/mol. The van der Waals surface area contributed by atoms with Crippen molar-refractivity contribution in [2.24, 2.45) is 0 Å². The van der Waals surface area contributed by atoms with Gasteiger partial charge in [0.25, 0.3) is 0 Å². The van der Waals surface area contributed by atoms with Crippen molar-refractivity contribution in [1.29, 1.82) is 0 Å². The number of aliphatic carboxylic acids is 2. The fourth-order valence-corrected chi connectivity index (χ4v) is 0.391. The van der Waals surface area contributed by atoms with Crippen molar-refractivity contribution in [3.63, 3.8) is 0 Å². The third kappa shape index (κ3) is 231. The maximum absolute atomic E-state index is 9.79. The molecule has 0 bridgehead atoms. The Morgan fingerprint density at radius 2 is 0.762 bits per heavy atom. The highest BCUT2D eigenvalue weighted by Crippen LogP contribution is 1.93. The summed E-state index contributed by atoms with van der Waals surface area (Å²) in [5.74, 6) is -1.90. The molecule has 0 unspecified atom stereocenters. The molecule has 0 aliphatic carbocycles. The van der Waals surface area contributed by atoms with Crippen molar-refractivity contribution in [2.45, 2.75) is 47.0 Å². The summed E-state index contributed by atoms with van der Waals surface area (Å²) < 4.78 is 0. The highest BCUT2D eigenvalue weighted by atomic mass is 16.4. The molecule has 0 radical (unpaired) electrons. The zero-order chi connectivity index (χ0) is 18.1. The van der Waals surface area contributed by atoms with Crippen LogP contribution in [0.2, 0.25) is 0 Å². The van der Waals surface area contributed by atoms with Gasteiger partial charge in [-0.3, -0.25) is 9.59 Å². The van der Waals surface area contributed by atoms with Gasteiger partial charge in [0.1, 0.15) is 0 Å². The van der Waals surface area contributed by atoms with E-state index in [9.17, 15) is 9.59 Å². The van der Waals surface area contributed by atoms with Crippen LogP contribution in [0, 0.1) is 0 Å². The standard InChI is InChI=1S/C5H8O4.4C2H6O/c6-4(7)2-1-3-5(8)9;4*1-2-3/h1-3H2,(H,6,7)(H,8,9);4*3H,2H2,1H3. The smallest absolute Gasteiger partial charge is 0.303 e. The second-order valence-corrected chi connectivity index (χ2v) is 2.91. The van der Waals surface area contributed by atoms with Crippen LogP contribution in [-0.2, 0) is 9.59 Å². The van der Waals surface area contributed by atoms with Gasteiger partial charge >= 0.3 is 11.9 Å². The fourth-order valence-electron chi connectivity index (χ4n) is 0.391. The number of aliphatic hydroxyl groups excluding tert-OH is 4. The first-order chi connectivity index (χ1) is 9.78. The lowest BCUT2D eigenvalue weighted by Gasteiger charge is -1.89. The molecule has 0 aromatic heterocycles. The van der Waals surface area contributed by atoms with E-state index in [4.69, 9.17) is 30.6 Å². The largest absolute Gasteiger partial charge is 0.481 e. The van der Waals surface area contributed by atoms with Crippen LogP contribution in [0.5, 0.6) is 0 Å². The van der Waals surface area contributed by atoms with Gasteiger partial charge in [-0.25, -0.2) is 0 Å². The minimum absolute atomic E-state index is 0.0632. The van der Waals surface area contributed by atoms with Crippen LogP contribution in [0.4, 0.5) is 0 Å². The molecular weight excluding hydrogens is 284 g/mol. The van der Waals surface area contributed by atoms with Crippen molar-refractivity contribution >= 4 is 11.9 Å². The summed E-state index contributed by atoms with van der Waals surface area (Å²) in [6, 6.07) is 0. The predicted octanol–water partition coefficient (Wildman–Crippen LogP) is 0.320. The molecule has 0 amide bonds. The van der Waals surface area contributed by atoms with E-state index in [0.29, 0.717) is 0 Å². The number of hydrogen-bond donors (Lipinski definition) is 6. The van der Waals surface area contributed by atoms with Crippen LogP contribution in [0.25, 0.3) is 0 Å². The molecule has 0 aromatic carbocycles. The number of aliphatic hydroxyl groups is 4. The first-order valence-corrected chi connectivity index (χ1v) is 6.66. The second-order valence-electron chi connectivity index (χ2n) is 2.91. The maximum Gasteiger partial charge on any atom is 0.303 e. The highest BCUT2D eigenvalue weighted by Gasteiger charge is 1.99. The Bertz CT molecular complexity index is 152. The van der Waals surface area contributed by atoms with Crippen molar-refractivity contribution in [1.82, 2.24) is 0 Å². The summed E-state index contributed by atoms with van der Waals surface area (Å²) in [5, 5.41) is 46.3. The fraction of sp³-hybridized carbons (Fsp3) is 0.846. The minimum Gasteiger partial charge on any atom is -0.481 e. The van der Waals surface area contributed by atoms with Crippen molar-refractivity contribution in [2.75, 3.05) is 26.4 Å². The third-order valence-electron chi connectivity index (χ3n) is 0.781. The molecule has 0 fully saturated rings. The van der Waals surface area contributed by atoms with Gasteiger partial charge in [0.15, 0.2) is 0 Å². The van der Waals surface area contributed by atoms with Crippen LogP contribution < -0.4 is 0 Å². The van der Waals surface area contributed by atoms with Crippen LogP contribution in [0.1, 0.15) is 47.0 Å². The molecule has 0 aliphatic rings. The topological polar surface area (TPSA) is 156 Å². The molecule has 0 rings (SSSR count). The number of carbonyl (C=O) groups is 2. The van der Waals surface area contributed by atoms with E-state index < -0.39 is 11.9 Å². The molecule has 6 N–H and O–H groups in total. The molecule has 0 atom stereocenters. The summed E-state index contributed by atoms with van der Waals surface area (Å²) in [6.45, 7) is 7.72. The van der Waals surface area contributed by atoms with Crippen LogP contribution in [0.15, 0.2) is 0 Å². The molecular formula is C13H32O8. The number of hydrogen-bond acceptors (Lipinski definition) is 6. The second kappa shape index (κ2) is 42.8. The molecule has 8 heteroatoms. The number of carboxylic acids is 2. The van der Waals surface area contributed by atoms with Crippen molar-refractivity contribution < 1.29 is 40.2 Å². The molecule has 0 heterocycles. The first kappa shape index (κ1) is 31.9. The Kier molecular flexibility index (Phi) is 65.1. The Labute approximate surface area is 126 Å². The van der Waals surface area contributed by atoms with Crippen LogP contribution in [-0.4, -0.2) is 69.0 Å². The average Bonchev–Trinajstić information content (AvgIpc) is 2.31. The summed E-state index contributed by atoms with van der Waals surface area (Å²) in [7, 11) is 0. The van der Waals surface area contributed by atoms with E-state index in [1.54, 1.807) is 27.7 Å². The van der Waals surface area contributed by atoms with Gasteiger partial charge < -0.3 is 30.6 Å². The van der Waals surface area contributed by atoms with Gasteiger partial charge in [-0.1, -0.05) is 0 Å². The normalized spacial score (nSPS) is 7.24. The van der Waals surface area contributed by atoms with Gasteiger partial charge in [0, 0.05) is 39.3 Å². The SMILES string of the molecule is CCO.CCO.CCO.CCO.O=C(O)CCCC(=O)O. The van der Waals surface area contributed by atoms with E-state index >= 15 is 0 Å². The average molecular weight is 316 g/mol. The van der Waals surface area contributed by atoms with Gasteiger partial charge in [-0.2, -0.15) is 0 Å². The summed E-state index contributed by atoms with van der Waals surface area (Å²) in [5.41, 5.74) is 0. The Hall–Kier alpha value is -1.22. The van der Waals surface area contributed by atoms with Crippen molar-refractivity contribution in [3.8, 4) is 0 Å². The molecule has 8 nitrogen and oxygen atoms in total. The van der Waals surface area contributed by atoms with Gasteiger partial charge in [0.2, 0.25) is 0 Å². The van der Waals surface area contributed by atoms with Gasteiger partial charge in [-0.15, -0.1) is 0 Å². The summed E-state index contributed by atoms with van der Waals surface area (Å²) in [4.78, 5) is 19.6. The van der Waals surface area contributed by atoms with E-state index in [0.717, 1.165) is 0 Å². The van der Waals surface area contributed by atoms with E-state index in [-0.39, 0.29) is 45.7 Å². The number of carboxylic acid groups (broad SMARTS) is 2. The molecule has 0 aliphatic heterocycles. The van der Waals surface area contributed by atoms with Gasteiger partial charge in [-0.05, 0) is 34.1 Å². The lowest BCUT2D eigenvalue weighted by molar-refractivity contribution is -0.138. The highest BCUT2D eigenvalue weighted by molar-refractivity contribution is 5.69. The van der Waals surface area contributed by atoms with E-state index in [1.807, 2.05) is 0 Å². The quantitative estimate of drug-likeness (QED) is 0.433. The Balaban J connectivity index is -0.0000000593. The third-order valence-corrected chi connectivity index (χ3v) is 0.781. The molecule has 132 valence electrons. The molecule has 0 aromatic rings. The monoisotopic (exact) mass is 316 g/mol. The molecule has 0 saturated carbocycles. The lowest BCUT2D eigenvalue weighted by atomic mass is 10.2.